The van der Waals surface area contributed by atoms with Gasteiger partial charge in [0.15, 0.2) is 0 Å². The van der Waals surface area contributed by atoms with Crippen LogP contribution in [0.4, 0.5) is 17.6 Å². The van der Waals surface area contributed by atoms with Gasteiger partial charge in [-0.2, -0.15) is 17.6 Å². The van der Waals surface area contributed by atoms with Crippen molar-refractivity contribution in [2.45, 2.75) is 13.2 Å². The highest BCUT2D eigenvalue weighted by molar-refractivity contribution is 5.66. The lowest BCUT2D eigenvalue weighted by Gasteiger charge is -2.03. The molecule has 2 aromatic carbocycles. The summed E-state index contributed by atoms with van der Waals surface area (Å²) in [6.45, 7) is -5.77. The van der Waals surface area contributed by atoms with Crippen LogP contribution in [0.3, 0.4) is 0 Å². The zero-order valence-electron chi connectivity index (χ0n) is 13.6. The van der Waals surface area contributed by atoms with Crippen LogP contribution in [0.2, 0.25) is 0 Å². The Hall–Kier alpha value is -3.36. The molecule has 1 heterocycles. The van der Waals surface area contributed by atoms with Gasteiger partial charge in [-0.3, -0.25) is 0 Å². The molecule has 0 aliphatic rings. The quantitative estimate of drug-likeness (QED) is 0.533. The van der Waals surface area contributed by atoms with Crippen molar-refractivity contribution in [1.82, 2.24) is 10.2 Å². The smallest absolute Gasteiger partial charge is 0.387 e. The van der Waals surface area contributed by atoms with E-state index in [0.717, 1.165) is 0 Å². The molecule has 5 nitrogen and oxygen atoms in total. The van der Waals surface area contributed by atoms with Crippen LogP contribution in [0.5, 0.6) is 11.5 Å². The fraction of sp³-hybridized carbons (Fsp3) is 0.111. The van der Waals surface area contributed by atoms with Crippen molar-refractivity contribution in [1.29, 1.82) is 0 Å². The second-order valence-corrected chi connectivity index (χ2v) is 5.13. The zero-order chi connectivity index (χ0) is 19.2. The first-order valence-corrected chi connectivity index (χ1v) is 7.61. The number of hydrogen-bond donors (Lipinski definition) is 0. The van der Waals surface area contributed by atoms with Gasteiger partial charge in [-0.1, -0.05) is 12.1 Å². The van der Waals surface area contributed by atoms with Crippen LogP contribution in [0.1, 0.15) is 11.5 Å². The number of halogens is 4. The van der Waals surface area contributed by atoms with Crippen molar-refractivity contribution in [3.8, 4) is 23.0 Å². The van der Waals surface area contributed by atoms with E-state index in [-0.39, 0.29) is 23.3 Å². The van der Waals surface area contributed by atoms with Gasteiger partial charge in [0.25, 0.3) is 0 Å². The Morgan fingerprint density at radius 1 is 0.741 bits per heavy atom. The molecule has 0 aliphatic heterocycles. The van der Waals surface area contributed by atoms with Gasteiger partial charge in [0, 0.05) is 11.6 Å². The van der Waals surface area contributed by atoms with Crippen molar-refractivity contribution < 1.29 is 31.5 Å². The van der Waals surface area contributed by atoms with Crippen LogP contribution in [0.15, 0.2) is 52.9 Å². The van der Waals surface area contributed by atoms with E-state index in [2.05, 4.69) is 19.7 Å². The van der Waals surface area contributed by atoms with E-state index in [9.17, 15) is 17.6 Å². The lowest BCUT2D eigenvalue weighted by atomic mass is 10.2. The van der Waals surface area contributed by atoms with Gasteiger partial charge in [0.1, 0.15) is 11.5 Å². The predicted molar refractivity (Wildman–Crippen MR) is 88.4 cm³/mol. The molecule has 3 rings (SSSR count). The van der Waals surface area contributed by atoms with Gasteiger partial charge in [0.05, 0.1) is 0 Å². The molecule has 3 aromatic rings. The summed E-state index contributed by atoms with van der Waals surface area (Å²) in [5.41, 5.74) is 1.25. The van der Waals surface area contributed by atoms with Crippen molar-refractivity contribution in [3.63, 3.8) is 0 Å². The third kappa shape index (κ3) is 5.30. The Bertz CT molecular complexity index is 894. The Balaban J connectivity index is 1.66. The van der Waals surface area contributed by atoms with Gasteiger partial charge in [-0.15, -0.1) is 10.2 Å². The Labute approximate surface area is 150 Å². The minimum Gasteiger partial charge on any atom is -0.435 e. The molecule has 0 saturated carbocycles. The lowest BCUT2D eigenvalue weighted by molar-refractivity contribution is -0.0505. The van der Waals surface area contributed by atoms with Gasteiger partial charge in [-0.25, -0.2) is 0 Å². The topological polar surface area (TPSA) is 57.4 Å². The summed E-state index contributed by atoms with van der Waals surface area (Å²) < 4.78 is 62.5. The van der Waals surface area contributed by atoms with E-state index in [4.69, 9.17) is 4.42 Å². The van der Waals surface area contributed by atoms with Crippen LogP contribution in [-0.4, -0.2) is 23.4 Å². The van der Waals surface area contributed by atoms with Crippen LogP contribution in [-0.2, 0) is 0 Å². The summed E-state index contributed by atoms with van der Waals surface area (Å²) in [5, 5.41) is 7.73. The minimum absolute atomic E-state index is 0.0210. The maximum Gasteiger partial charge on any atom is 0.387 e. The van der Waals surface area contributed by atoms with Gasteiger partial charge < -0.3 is 13.9 Å². The first-order chi connectivity index (χ1) is 13.0. The summed E-state index contributed by atoms with van der Waals surface area (Å²) in [5.74, 6) is 0.499. The molecule has 0 saturated heterocycles. The second-order valence-electron chi connectivity index (χ2n) is 5.13. The molecule has 27 heavy (non-hydrogen) atoms. The summed E-state index contributed by atoms with van der Waals surface area (Å²) in [6, 6.07) is 11.8. The van der Waals surface area contributed by atoms with E-state index in [1.54, 1.807) is 24.3 Å². The van der Waals surface area contributed by atoms with Gasteiger partial charge in [-0.05, 0) is 48.0 Å². The number of benzene rings is 2. The predicted octanol–water partition coefficient (Wildman–Crippen LogP) is 5.11. The van der Waals surface area contributed by atoms with E-state index >= 15 is 0 Å². The molecule has 9 heteroatoms. The number of hydrogen-bond acceptors (Lipinski definition) is 5. The number of aromatic nitrogens is 2. The summed E-state index contributed by atoms with van der Waals surface area (Å²) in [4.78, 5) is 0. The molecule has 0 N–H and O–H groups in total. The Kier molecular flexibility index (Phi) is 5.70. The fourth-order valence-electron chi connectivity index (χ4n) is 2.13. The highest BCUT2D eigenvalue weighted by atomic mass is 19.3. The summed E-state index contributed by atoms with van der Waals surface area (Å²) >= 11 is 0. The normalized spacial score (nSPS) is 11.5. The first kappa shape index (κ1) is 18.4. The fourth-order valence-corrected chi connectivity index (χ4v) is 2.13. The second kappa shape index (κ2) is 8.35. The van der Waals surface area contributed by atoms with Gasteiger partial charge in [0.2, 0.25) is 11.8 Å². The van der Waals surface area contributed by atoms with E-state index in [1.807, 2.05) is 0 Å². The first-order valence-electron chi connectivity index (χ1n) is 7.61. The minimum atomic E-state index is -2.90. The molecule has 0 amide bonds. The average Bonchev–Trinajstić information content (AvgIpc) is 3.10. The van der Waals surface area contributed by atoms with Crippen molar-refractivity contribution in [2.75, 3.05) is 0 Å². The molecule has 1 aromatic heterocycles. The average molecular weight is 380 g/mol. The zero-order valence-corrected chi connectivity index (χ0v) is 13.6. The van der Waals surface area contributed by atoms with Crippen LogP contribution >= 0.6 is 0 Å². The highest BCUT2D eigenvalue weighted by Gasteiger charge is 2.09. The lowest BCUT2D eigenvalue weighted by Crippen LogP contribution is -2.01. The summed E-state index contributed by atoms with van der Waals surface area (Å²) in [6.07, 6.45) is 3.21. The molecular formula is C18H12F4N2O3. The molecule has 0 bridgehead atoms. The number of rotatable bonds is 7. The maximum absolute atomic E-state index is 12.1. The van der Waals surface area contributed by atoms with Crippen molar-refractivity contribution >= 4 is 12.2 Å². The molecule has 0 spiro atoms. The summed E-state index contributed by atoms with van der Waals surface area (Å²) in [7, 11) is 0. The molecule has 0 radical (unpaired) electrons. The van der Waals surface area contributed by atoms with Crippen LogP contribution in [0.25, 0.3) is 23.6 Å². The Morgan fingerprint density at radius 2 is 1.30 bits per heavy atom. The van der Waals surface area contributed by atoms with Gasteiger partial charge >= 0.3 is 13.2 Å². The molecule has 0 fully saturated rings. The highest BCUT2D eigenvalue weighted by Crippen LogP contribution is 2.23. The largest absolute Gasteiger partial charge is 0.435 e. The standard InChI is InChI=1S/C18H12F4N2O3/c19-17(20)25-13-6-1-11(2-7-13)3-10-15-23-24-16(27-15)12-4-8-14(9-5-12)26-18(21)22/h1-10,17-18H/b10-3-. The van der Waals surface area contributed by atoms with E-state index in [1.165, 1.54) is 36.4 Å². The molecule has 0 aliphatic carbocycles. The van der Waals surface area contributed by atoms with E-state index < -0.39 is 13.2 Å². The third-order valence-corrected chi connectivity index (χ3v) is 3.29. The van der Waals surface area contributed by atoms with Crippen LogP contribution < -0.4 is 9.47 Å². The van der Waals surface area contributed by atoms with Crippen molar-refractivity contribution in [3.05, 3.63) is 60.0 Å². The molecule has 140 valence electrons. The van der Waals surface area contributed by atoms with Crippen molar-refractivity contribution in [2.24, 2.45) is 0 Å². The Morgan fingerprint density at radius 3 is 1.85 bits per heavy atom. The number of ether oxygens (including phenoxy) is 2. The van der Waals surface area contributed by atoms with Crippen LogP contribution in [0, 0.1) is 0 Å². The monoisotopic (exact) mass is 380 g/mol. The molecule has 0 unspecified atom stereocenters. The SMILES string of the molecule is FC(F)Oc1ccc(/C=C\c2nnc(-c3ccc(OC(F)F)cc3)o2)cc1. The molecule has 0 atom stereocenters. The van der Waals surface area contributed by atoms with E-state index in [0.29, 0.717) is 11.1 Å². The number of alkyl halides is 4. The third-order valence-electron chi connectivity index (χ3n) is 3.29. The molecular weight excluding hydrogens is 368 g/mol. The maximum atomic E-state index is 12.1. The number of nitrogens with zero attached hydrogens (tertiary/aromatic N) is 2.